The monoisotopic (exact) mass is 396 g/mol. The third-order valence-electron chi connectivity index (χ3n) is 4.61. The molecule has 6 heteroatoms. The van der Waals surface area contributed by atoms with Gasteiger partial charge < -0.3 is 10.1 Å². The van der Waals surface area contributed by atoms with E-state index in [9.17, 15) is 9.18 Å². The first-order chi connectivity index (χ1) is 13.6. The first-order valence-corrected chi connectivity index (χ1v) is 9.33. The molecule has 4 nitrogen and oxygen atoms in total. The quantitative estimate of drug-likeness (QED) is 0.619. The first-order valence-electron chi connectivity index (χ1n) is 8.95. The van der Waals surface area contributed by atoms with E-state index in [-0.39, 0.29) is 10.9 Å². The van der Waals surface area contributed by atoms with Crippen molar-refractivity contribution in [3.8, 4) is 5.75 Å². The first kappa shape index (κ1) is 18.3. The summed E-state index contributed by atoms with van der Waals surface area (Å²) in [6, 6.07) is 19.1. The van der Waals surface area contributed by atoms with Gasteiger partial charge in [0.05, 0.1) is 17.2 Å². The molecule has 0 spiro atoms. The summed E-state index contributed by atoms with van der Waals surface area (Å²) in [5.74, 6) is 0.0434. The van der Waals surface area contributed by atoms with Gasteiger partial charge in [0.1, 0.15) is 17.7 Å². The Morgan fingerprint density at radius 2 is 1.86 bits per heavy atom. The molecule has 0 aromatic heterocycles. The summed E-state index contributed by atoms with van der Waals surface area (Å²) in [5, 5.41) is 3.37. The Balaban J connectivity index is 1.81. The summed E-state index contributed by atoms with van der Waals surface area (Å²) in [6.45, 7) is 2.50. The maximum Gasteiger partial charge on any atom is 0.262 e. The van der Waals surface area contributed by atoms with Gasteiger partial charge in [-0.1, -0.05) is 35.9 Å². The third kappa shape index (κ3) is 3.29. The summed E-state index contributed by atoms with van der Waals surface area (Å²) in [4.78, 5) is 14.9. The number of hydrogen-bond donors (Lipinski definition) is 1. The highest BCUT2D eigenvalue weighted by atomic mass is 35.5. The number of nitrogens with one attached hydrogen (secondary N) is 1. The van der Waals surface area contributed by atoms with E-state index < -0.39 is 12.0 Å². The predicted octanol–water partition coefficient (Wildman–Crippen LogP) is 5.65. The van der Waals surface area contributed by atoms with Crippen LogP contribution >= 0.6 is 11.6 Å². The number of fused-ring (bicyclic) bond motifs is 1. The van der Waals surface area contributed by atoms with E-state index in [4.69, 9.17) is 16.3 Å². The zero-order valence-electron chi connectivity index (χ0n) is 15.2. The summed E-state index contributed by atoms with van der Waals surface area (Å²) in [6.07, 6.45) is -0.473. The van der Waals surface area contributed by atoms with Crippen LogP contribution in [0.5, 0.6) is 5.75 Å². The normalized spacial score (nSPS) is 15.8. The highest BCUT2D eigenvalue weighted by Gasteiger charge is 2.34. The average Bonchev–Trinajstić information content (AvgIpc) is 2.71. The van der Waals surface area contributed by atoms with E-state index in [2.05, 4.69) is 5.32 Å². The second kappa shape index (κ2) is 7.52. The minimum atomic E-state index is -0.527. The molecule has 0 unspecified atom stereocenters. The molecule has 3 aromatic carbocycles. The third-order valence-corrected chi connectivity index (χ3v) is 4.90. The minimum absolute atomic E-state index is 0.0328. The van der Waals surface area contributed by atoms with E-state index in [1.54, 1.807) is 17.0 Å². The molecule has 0 saturated heterocycles. The number of ether oxygens (including phenoxy) is 1. The summed E-state index contributed by atoms with van der Waals surface area (Å²) in [7, 11) is 0. The van der Waals surface area contributed by atoms with Crippen molar-refractivity contribution in [3.05, 3.63) is 88.7 Å². The molecule has 0 radical (unpaired) electrons. The molecule has 0 bridgehead atoms. The Hall–Kier alpha value is -3.05. The number of halogens is 2. The van der Waals surface area contributed by atoms with Gasteiger partial charge in [0.2, 0.25) is 0 Å². The standard InChI is InChI=1S/C22H18ClFN2O2/c1-2-28-16-10-7-14(8-11-16)21-25-20-6-4-3-5-17(20)22(27)26(21)15-9-12-19(24)18(23)13-15/h3-13,21,25H,2H2,1H3/t21-/m1/s1. The molecule has 0 aliphatic carbocycles. The van der Waals surface area contributed by atoms with Crippen molar-refractivity contribution in [1.29, 1.82) is 0 Å². The van der Waals surface area contributed by atoms with Crippen LogP contribution in [0.15, 0.2) is 66.7 Å². The lowest BCUT2D eigenvalue weighted by molar-refractivity contribution is 0.0975. The number of amides is 1. The highest BCUT2D eigenvalue weighted by Crippen LogP contribution is 2.38. The van der Waals surface area contributed by atoms with Gasteiger partial charge in [-0.15, -0.1) is 0 Å². The number of rotatable bonds is 4. The largest absolute Gasteiger partial charge is 0.494 e. The lowest BCUT2D eigenvalue weighted by Crippen LogP contribution is -2.43. The van der Waals surface area contributed by atoms with Crippen LogP contribution in [0.25, 0.3) is 0 Å². The van der Waals surface area contributed by atoms with Crippen LogP contribution in [0.4, 0.5) is 15.8 Å². The number of nitrogens with zero attached hydrogens (tertiary/aromatic N) is 1. The lowest BCUT2D eigenvalue weighted by atomic mass is 10.0. The summed E-state index contributed by atoms with van der Waals surface area (Å²) in [5.41, 5.74) is 2.67. The Bertz CT molecular complexity index is 1020. The smallest absolute Gasteiger partial charge is 0.262 e. The Morgan fingerprint density at radius 1 is 1.11 bits per heavy atom. The van der Waals surface area contributed by atoms with Gasteiger partial charge in [0.15, 0.2) is 0 Å². The van der Waals surface area contributed by atoms with Gasteiger partial charge in [-0.05, 0) is 55.0 Å². The van der Waals surface area contributed by atoms with Crippen molar-refractivity contribution in [1.82, 2.24) is 0 Å². The molecular weight excluding hydrogens is 379 g/mol. The molecule has 3 aromatic rings. The predicted molar refractivity (Wildman–Crippen MR) is 109 cm³/mol. The SMILES string of the molecule is CCOc1ccc([C@@H]2Nc3ccccc3C(=O)N2c2ccc(F)c(Cl)c2)cc1. The molecule has 0 fully saturated rings. The van der Waals surface area contributed by atoms with Crippen molar-refractivity contribution in [3.63, 3.8) is 0 Å². The molecule has 142 valence electrons. The van der Waals surface area contributed by atoms with Crippen LogP contribution < -0.4 is 15.0 Å². The topological polar surface area (TPSA) is 41.6 Å². The van der Waals surface area contributed by atoms with Crippen molar-refractivity contribution < 1.29 is 13.9 Å². The molecule has 1 atom stereocenters. The number of benzene rings is 3. The van der Waals surface area contributed by atoms with Gasteiger partial charge >= 0.3 is 0 Å². The number of anilines is 2. The Kier molecular flexibility index (Phi) is 4.92. The van der Waals surface area contributed by atoms with Gasteiger partial charge in [0.25, 0.3) is 5.91 Å². The van der Waals surface area contributed by atoms with Crippen molar-refractivity contribution >= 4 is 28.9 Å². The van der Waals surface area contributed by atoms with Crippen molar-refractivity contribution in [2.45, 2.75) is 13.1 Å². The number of carbonyl (C=O) groups excluding carboxylic acids is 1. The van der Waals surface area contributed by atoms with Gasteiger partial charge in [-0.2, -0.15) is 0 Å². The number of carbonyl (C=O) groups is 1. The summed E-state index contributed by atoms with van der Waals surface area (Å²) >= 11 is 5.98. The van der Waals surface area contributed by atoms with Crippen molar-refractivity contribution in [2.75, 3.05) is 16.8 Å². The maximum atomic E-state index is 13.7. The summed E-state index contributed by atoms with van der Waals surface area (Å²) < 4.78 is 19.2. The fourth-order valence-electron chi connectivity index (χ4n) is 3.30. The molecule has 1 heterocycles. The van der Waals surface area contributed by atoms with Crippen LogP contribution in [-0.4, -0.2) is 12.5 Å². The van der Waals surface area contributed by atoms with Gasteiger partial charge in [-0.25, -0.2) is 4.39 Å². The van der Waals surface area contributed by atoms with Gasteiger partial charge in [0, 0.05) is 11.4 Å². The van der Waals surface area contributed by atoms with Crippen LogP contribution in [0.1, 0.15) is 29.0 Å². The fourth-order valence-corrected chi connectivity index (χ4v) is 3.48. The number of para-hydroxylation sites is 1. The van der Waals surface area contributed by atoms with E-state index in [1.807, 2.05) is 49.4 Å². The second-order valence-corrected chi connectivity index (χ2v) is 6.78. The van der Waals surface area contributed by atoms with Crippen LogP contribution in [0.2, 0.25) is 5.02 Å². The maximum absolute atomic E-state index is 13.7. The number of hydrogen-bond acceptors (Lipinski definition) is 3. The average molecular weight is 397 g/mol. The van der Waals surface area contributed by atoms with E-state index in [0.717, 1.165) is 17.0 Å². The zero-order valence-corrected chi connectivity index (χ0v) is 15.9. The van der Waals surface area contributed by atoms with Crippen LogP contribution in [0.3, 0.4) is 0 Å². The molecule has 1 aliphatic rings. The lowest BCUT2D eigenvalue weighted by Gasteiger charge is -2.38. The molecular formula is C22H18ClFN2O2. The van der Waals surface area contributed by atoms with E-state index in [0.29, 0.717) is 17.9 Å². The minimum Gasteiger partial charge on any atom is -0.494 e. The fraction of sp³-hybridized carbons (Fsp3) is 0.136. The van der Waals surface area contributed by atoms with E-state index in [1.165, 1.54) is 12.1 Å². The highest BCUT2D eigenvalue weighted by molar-refractivity contribution is 6.31. The Labute approximate surface area is 167 Å². The van der Waals surface area contributed by atoms with Crippen molar-refractivity contribution in [2.24, 2.45) is 0 Å². The van der Waals surface area contributed by atoms with Gasteiger partial charge in [-0.3, -0.25) is 9.69 Å². The molecule has 4 rings (SSSR count). The zero-order chi connectivity index (χ0) is 19.7. The van der Waals surface area contributed by atoms with Crippen LogP contribution in [0, 0.1) is 5.82 Å². The second-order valence-electron chi connectivity index (χ2n) is 6.37. The molecule has 1 N–H and O–H groups in total. The van der Waals surface area contributed by atoms with Crippen LogP contribution in [-0.2, 0) is 0 Å². The molecule has 28 heavy (non-hydrogen) atoms. The Morgan fingerprint density at radius 3 is 2.57 bits per heavy atom. The molecule has 1 amide bonds. The molecule has 0 saturated carbocycles. The van der Waals surface area contributed by atoms with E-state index >= 15 is 0 Å². The molecule has 1 aliphatic heterocycles.